The summed E-state index contributed by atoms with van der Waals surface area (Å²) in [6.45, 7) is -0.105. The van der Waals surface area contributed by atoms with Crippen molar-refractivity contribution in [2.45, 2.75) is 12.7 Å². The summed E-state index contributed by atoms with van der Waals surface area (Å²) < 4.78 is 63.9. The molecule has 0 atom stereocenters. The van der Waals surface area contributed by atoms with Gasteiger partial charge >= 0.3 is 6.18 Å². The minimum absolute atomic E-state index is 0.00684. The zero-order valence-corrected chi connectivity index (χ0v) is 10.5. The summed E-state index contributed by atoms with van der Waals surface area (Å²) in [6.07, 6.45) is -4.80. The average Bonchev–Trinajstić information content (AvgIpc) is 2.40. The summed E-state index contributed by atoms with van der Waals surface area (Å²) in [7, 11) is 0. The van der Waals surface area contributed by atoms with E-state index in [-0.39, 0.29) is 17.8 Å². The Morgan fingerprint density at radius 2 is 1.71 bits per heavy atom. The van der Waals surface area contributed by atoms with E-state index in [0.717, 1.165) is 12.1 Å². The number of benzene rings is 2. The van der Waals surface area contributed by atoms with Crippen molar-refractivity contribution in [3.05, 3.63) is 59.2 Å². The quantitative estimate of drug-likeness (QED) is 0.829. The second-order valence-electron chi connectivity index (χ2n) is 4.29. The van der Waals surface area contributed by atoms with Gasteiger partial charge in [-0.1, -0.05) is 12.1 Å². The third-order valence-electron chi connectivity index (χ3n) is 2.83. The summed E-state index contributed by atoms with van der Waals surface area (Å²) >= 11 is 0. The summed E-state index contributed by atoms with van der Waals surface area (Å²) in [4.78, 5) is 0. The highest BCUT2D eigenvalue weighted by molar-refractivity contribution is 5.48. The lowest BCUT2D eigenvalue weighted by atomic mass is 10.1. The Hall–Kier alpha value is -2.31. The van der Waals surface area contributed by atoms with Crippen LogP contribution >= 0.6 is 0 Å². The number of phenols is 1. The molecule has 0 aliphatic carbocycles. The molecule has 0 spiro atoms. The van der Waals surface area contributed by atoms with Crippen molar-refractivity contribution in [3.63, 3.8) is 0 Å². The van der Waals surface area contributed by atoms with E-state index in [1.807, 2.05) is 0 Å². The lowest BCUT2D eigenvalue weighted by Gasteiger charge is -2.12. The molecule has 7 heteroatoms. The van der Waals surface area contributed by atoms with Crippen LogP contribution in [0.1, 0.15) is 11.1 Å². The number of alkyl halides is 3. The number of phenolic OH excluding ortho intramolecular Hbond substituents is 1. The second kappa shape index (κ2) is 5.59. The Labute approximate surface area is 116 Å². The first kappa shape index (κ1) is 15.1. The number of anilines is 1. The molecule has 2 N–H and O–H groups in total. The molecule has 2 rings (SSSR count). The lowest BCUT2D eigenvalue weighted by Crippen LogP contribution is -2.09. The van der Waals surface area contributed by atoms with Crippen LogP contribution in [0.2, 0.25) is 0 Å². The molecule has 112 valence electrons. The van der Waals surface area contributed by atoms with Crippen molar-refractivity contribution in [3.8, 4) is 5.75 Å². The van der Waals surface area contributed by atoms with Gasteiger partial charge < -0.3 is 10.4 Å². The molecule has 0 radical (unpaired) electrons. The number of aromatic hydroxyl groups is 1. The summed E-state index contributed by atoms with van der Waals surface area (Å²) in [5.74, 6) is -2.78. The van der Waals surface area contributed by atoms with E-state index in [1.165, 1.54) is 12.1 Å². The number of rotatable bonds is 3. The zero-order chi connectivity index (χ0) is 15.6. The monoisotopic (exact) mass is 303 g/mol. The van der Waals surface area contributed by atoms with Crippen molar-refractivity contribution < 1.29 is 27.1 Å². The topological polar surface area (TPSA) is 32.3 Å². The molecule has 0 bridgehead atoms. The number of hydrogen-bond donors (Lipinski definition) is 2. The number of halogens is 5. The van der Waals surface area contributed by atoms with Crippen molar-refractivity contribution in [2.24, 2.45) is 0 Å². The Bertz CT molecular complexity index is 654. The molecule has 0 unspecified atom stereocenters. The molecular weight excluding hydrogens is 293 g/mol. The summed E-state index contributed by atoms with van der Waals surface area (Å²) in [5.41, 5.74) is -1.21. The molecule has 0 saturated heterocycles. The molecule has 2 nitrogen and oxygen atoms in total. The maximum atomic E-state index is 13.1. The average molecular weight is 303 g/mol. The molecule has 0 heterocycles. The van der Waals surface area contributed by atoms with E-state index in [4.69, 9.17) is 0 Å². The van der Waals surface area contributed by atoms with Crippen LogP contribution in [0.4, 0.5) is 27.6 Å². The van der Waals surface area contributed by atoms with Crippen molar-refractivity contribution >= 4 is 5.69 Å². The smallest absolute Gasteiger partial charge is 0.419 e. The Morgan fingerprint density at radius 3 is 2.38 bits per heavy atom. The normalized spacial score (nSPS) is 11.5. The summed E-state index contributed by atoms with van der Waals surface area (Å²) in [5, 5.41) is 12.0. The molecule has 2 aromatic rings. The predicted octanol–water partition coefficient (Wildman–Crippen LogP) is 4.30. The van der Waals surface area contributed by atoms with Crippen LogP contribution in [-0.2, 0) is 12.7 Å². The Kier molecular flexibility index (Phi) is 4.02. The molecule has 0 fully saturated rings. The molecular formula is C14H10F5NO. The molecule has 0 amide bonds. The SMILES string of the molecule is Oc1c(F)cccc1CNc1ccc(F)c(C(F)(F)F)c1. The summed E-state index contributed by atoms with van der Waals surface area (Å²) in [6, 6.07) is 6.26. The highest BCUT2D eigenvalue weighted by atomic mass is 19.4. The maximum absolute atomic E-state index is 13.1. The van der Waals surface area contributed by atoms with Crippen LogP contribution in [0.3, 0.4) is 0 Å². The van der Waals surface area contributed by atoms with Gasteiger partial charge in [0.25, 0.3) is 0 Å². The molecule has 0 saturated carbocycles. The maximum Gasteiger partial charge on any atom is 0.419 e. The van der Waals surface area contributed by atoms with Gasteiger partial charge in [-0.05, 0) is 24.3 Å². The molecule has 0 aromatic heterocycles. The lowest BCUT2D eigenvalue weighted by molar-refractivity contribution is -0.139. The van der Waals surface area contributed by atoms with Gasteiger partial charge in [-0.3, -0.25) is 0 Å². The first-order valence-corrected chi connectivity index (χ1v) is 5.86. The predicted molar refractivity (Wildman–Crippen MR) is 66.8 cm³/mol. The minimum Gasteiger partial charge on any atom is -0.505 e. The van der Waals surface area contributed by atoms with E-state index in [0.29, 0.717) is 12.1 Å². The molecule has 21 heavy (non-hydrogen) atoms. The largest absolute Gasteiger partial charge is 0.505 e. The fourth-order valence-electron chi connectivity index (χ4n) is 1.75. The number of hydrogen-bond acceptors (Lipinski definition) is 2. The Balaban J connectivity index is 2.19. The molecule has 0 aliphatic heterocycles. The van der Waals surface area contributed by atoms with Gasteiger partial charge in [0.1, 0.15) is 5.82 Å². The highest BCUT2D eigenvalue weighted by Gasteiger charge is 2.34. The molecule has 2 aromatic carbocycles. The highest BCUT2D eigenvalue weighted by Crippen LogP contribution is 2.33. The fraction of sp³-hybridized carbons (Fsp3) is 0.143. The van der Waals surface area contributed by atoms with Crippen LogP contribution < -0.4 is 5.32 Å². The zero-order valence-electron chi connectivity index (χ0n) is 10.5. The van der Waals surface area contributed by atoms with Crippen LogP contribution in [0.25, 0.3) is 0 Å². The van der Waals surface area contributed by atoms with Gasteiger partial charge in [-0.25, -0.2) is 8.78 Å². The standard InChI is InChI=1S/C14H10F5NO/c15-11-5-4-9(6-10(11)14(17,18)19)20-7-8-2-1-3-12(16)13(8)21/h1-6,20-21H,7H2. The van der Waals surface area contributed by atoms with E-state index in [2.05, 4.69) is 5.32 Å². The molecule has 0 aliphatic rings. The van der Waals surface area contributed by atoms with Gasteiger partial charge in [0.15, 0.2) is 11.6 Å². The van der Waals surface area contributed by atoms with Gasteiger partial charge in [0.2, 0.25) is 0 Å². The van der Waals surface area contributed by atoms with Gasteiger partial charge in [0.05, 0.1) is 5.56 Å². The van der Waals surface area contributed by atoms with Gasteiger partial charge in [-0.15, -0.1) is 0 Å². The van der Waals surface area contributed by atoms with E-state index >= 15 is 0 Å². The van der Waals surface area contributed by atoms with E-state index in [1.54, 1.807) is 0 Å². The third-order valence-corrected chi connectivity index (χ3v) is 2.83. The van der Waals surface area contributed by atoms with Crippen LogP contribution in [0.15, 0.2) is 36.4 Å². The van der Waals surface area contributed by atoms with E-state index < -0.39 is 29.1 Å². The Morgan fingerprint density at radius 1 is 1.00 bits per heavy atom. The van der Waals surface area contributed by atoms with Crippen LogP contribution in [0.5, 0.6) is 5.75 Å². The van der Waals surface area contributed by atoms with E-state index in [9.17, 15) is 27.1 Å². The van der Waals surface area contributed by atoms with Gasteiger partial charge in [0, 0.05) is 17.8 Å². The second-order valence-corrected chi connectivity index (χ2v) is 4.29. The van der Waals surface area contributed by atoms with Gasteiger partial charge in [-0.2, -0.15) is 13.2 Å². The number of para-hydroxylation sites is 1. The van der Waals surface area contributed by atoms with Crippen molar-refractivity contribution in [1.82, 2.24) is 0 Å². The van der Waals surface area contributed by atoms with Crippen LogP contribution in [-0.4, -0.2) is 5.11 Å². The number of nitrogens with one attached hydrogen (secondary N) is 1. The first-order valence-electron chi connectivity index (χ1n) is 5.86. The van der Waals surface area contributed by atoms with Crippen molar-refractivity contribution in [1.29, 1.82) is 0 Å². The van der Waals surface area contributed by atoms with Crippen LogP contribution in [0, 0.1) is 11.6 Å². The fourth-order valence-corrected chi connectivity index (χ4v) is 1.75. The third kappa shape index (κ3) is 3.42. The first-order chi connectivity index (χ1) is 9.79. The van der Waals surface area contributed by atoms with Crippen molar-refractivity contribution in [2.75, 3.05) is 5.32 Å². The minimum atomic E-state index is -4.80.